The molecule has 1 unspecified atom stereocenters. The molecule has 1 saturated carbocycles. The van der Waals surface area contributed by atoms with Gasteiger partial charge >= 0.3 is 5.97 Å². The van der Waals surface area contributed by atoms with Gasteiger partial charge in [-0.15, -0.1) is 0 Å². The first kappa shape index (κ1) is 15.5. The summed E-state index contributed by atoms with van der Waals surface area (Å²) in [6.45, 7) is 0.0814. The standard InChI is InChI=1S/C16H21NO4/c18-15(11-21-13-8-4-5-9-13)17-10-14(16(19)20)12-6-2-1-3-7-12/h1-3,6-7,13-14H,4-5,8-11H2,(H,17,18)(H,19,20). The van der Waals surface area contributed by atoms with Gasteiger partial charge in [0.05, 0.1) is 12.0 Å². The first-order chi connectivity index (χ1) is 10.2. The van der Waals surface area contributed by atoms with Crippen LogP contribution in [0.5, 0.6) is 0 Å². The first-order valence-electron chi connectivity index (χ1n) is 7.33. The van der Waals surface area contributed by atoms with Crippen molar-refractivity contribution in [3.8, 4) is 0 Å². The van der Waals surface area contributed by atoms with E-state index in [1.165, 1.54) is 0 Å². The summed E-state index contributed by atoms with van der Waals surface area (Å²) in [5, 5.41) is 11.9. The van der Waals surface area contributed by atoms with Gasteiger partial charge in [-0.3, -0.25) is 9.59 Å². The zero-order valence-corrected chi connectivity index (χ0v) is 12.0. The smallest absolute Gasteiger partial charge is 0.312 e. The van der Waals surface area contributed by atoms with E-state index in [9.17, 15) is 14.7 Å². The number of carboxylic acids is 1. The molecule has 5 nitrogen and oxygen atoms in total. The molecule has 0 heterocycles. The van der Waals surface area contributed by atoms with E-state index < -0.39 is 11.9 Å². The number of benzene rings is 1. The molecule has 1 aliphatic carbocycles. The van der Waals surface area contributed by atoms with Crippen LogP contribution in [0.3, 0.4) is 0 Å². The second kappa shape index (κ2) is 7.78. The van der Waals surface area contributed by atoms with E-state index >= 15 is 0 Å². The van der Waals surface area contributed by atoms with Crippen LogP contribution in [0.4, 0.5) is 0 Å². The number of carbonyl (C=O) groups excluding carboxylic acids is 1. The summed E-state index contributed by atoms with van der Waals surface area (Å²) in [6.07, 6.45) is 4.51. The van der Waals surface area contributed by atoms with Gasteiger partial charge in [-0.1, -0.05) is 43.2 Å². The van der Waals surface area contributed by atoms with Crippen molar-refractivity contribution in [2.75, 3.05) is 13.2 Å². The molecule has 1 aromatic carbocycles. The molecule has 1 fully saturated rings. The second-order valence-corrected chi connectivity index (χ2v) is 5.32. The highest BCUT2D eigenvalue weighted by molar-refractivity contribution is 5.80. The predicted molar refractivity (Wildman–Crippen MR) is 78.0 cm³/mol. The molecule has 2 rings (SSSR count). The second-order valence-electron chi connectivity index (χ2n) is 5.32. The fourth-order valence-corrected chi connectivity index (χ4v) is 2.55. The minimum Gasteiger partial charge on any atom is -0.481 e. The number of aliphatic carboxylic acids is 1. The molecule has 2 N–H and O–H groups in total. The lowest BCUT2D eigenvalue weighted by Crippen LogP contribution is -2.34. The Hall–Kier alpha value is -1.88. The Morgan fingerprint density at radius 2 is 1.90 bits per heavy atom. The highest BCUT2D eigenvalue weighted by Gasteiger charge is 2.21. The quantitative estimate of drug-likeness (QED) is 0.805. The molecule has 1 amide bonds. The molecular formula is C16H21NO4. The van der Waals surface area contributed by atoms with Crippen molar-refractivity contribution in [2.24, 2.45) is 0 Å². The van der Waals surface area contributed by atoms with Crippen molar-refractivity contribution in [3.05, 3.63) is 35.9 Å². The molecule has 0 aliphatic heterocycles. The van der Waals surface area contributed by atoms with Gasteiger partial charge in [0, 0.05) is 6.54 Å². The molecular weight excluding hydrogens is 270 g/mol. The fraction of sp³-hybridized carbons (Fsp3) is 0.500. The minimum atomic E-state index is -0.946. The Morgan fingerprint density at radius 3 is 2.52 bits per heavy atom. The number of amides is 1. The van der Waals surface area contributed by atoms with E-state index in [-0.39, 0.29) is 25.2 Å². The zero-order chi connectivity index (χ0) is 15.1. The number of rotatable bonds is 7. The van der Waals surface area contributed by atoms with Crippen LogP contribution in [0.25, 0.3) is 0 Å². The molecule has 0 saturated heterocycles. The van der Waals surface area contributed by atoms with Crippen molar-refractivity contribution in [2.45, 2.75) is 37.7 Å². The lowest BCUT2D eigenvalue weighted by atomic mass is 9.99. The number of nitrogens with one attached hydrogen (secondary N) is 1. The van der Waals surface area contributed by atoms with Gasteiger partial charge in [0.1, 0.15) is 6.61 Å². The SMILES string of the molecule is O=C(COC1CCCC1)NCC(C(=O)O)c1ccccc1. The third kappa shape index (κ3) is 4.86. The van der Waals surface area contributed by atoms with Crippen LogP contribution >= 0.6 is 0 Å². The summed E-state index contributed by atoms with van der Waals surface area (Å²) in [4.78, 5) is 23.0. The van der Waals surface area contributed by atoms with Crippen molar-refractivity contribution in [1.29, 1.82) is 0 Å². The number of ether oxygens (including phenoxy) is 1. The van der Waals surface area contributed by atoms with Gasteiger partial charge in [0.15, 0.2) is 0 Å². The third-order valence-electron chi connectivity index (χ3n) is 3.76. The Balaban J connectivity index is 1.78. The van der Waals surface area contributed by atoms with Crippen LogP contribution in [-0.4, -0.2) is 36.2 Å². The molecule has 5 heteroatoms. The molecule has 1 aliphatic rings. The highest BCUT2D eigenvalue weighted by Crippen LogP contribution is 2.20. The molecule has 1 atom stereocenters. The summed E-state index contributed by atoms with van der Waals surface area (Å²) >= 11 is 0. The third-order valence-corrected chi connectivity index (χ3v) is 3.76. The van der Waals surface area contributed by atoms with Crippen LogP contribution in [0.15, 0.2) is 30.3 Å². The first-order valence-corrected chi connectivity index (χ1v) is 7.33. The fourth-order valence-electron chi connectivity index (χ4n) is 2.55. The summed E-state index contributed by atoms with van der Waals surface area (Å²) in [5.74, 6) is -1.94. The van der Waals surface area contributed by atoms with Crippen molar-refractivity contribution in [1.82, 2.24) is 5.32 Å². The van der Waals surface area contributed by atoms with Gasteiger partial charge in [-0.25, -0.2) is 0 Å². The van der Waals surface area contributed by atoms with Crippen LogP contribution in [0, 0.1) is 0 Å². The highest BCUT2D eigenvalue weighted by atomic mass is 16.5. The van der Waals surface area contributed by atoms with E-state index in [1.54, 1.807) is 24.3 Å². The Bertz CT molecular complexity index is 468. The maximum Gasteiger partial charge on any atom is 0.312 e. The van der Waals surface area contributed by atoms with Crippen molar-refractivity contribution >= 4 is 11.9 Å². The van der Waals surface area contributed by atoms with E-state index in [1.807, 2.05) is 6.07 Å². The van der Waals surface area contributed by atoms with Crippen molar-refractivity contribution in [3.63, 3.8) is 0 Å². The van der Waals surface area contributed by atoms with E-state index in [4.69, 9.17) is 4.74 Å². The maximum absolute atomic E-state index is 11.7. The molecule has 0 aromatic heterocycles. The summed E-state index contributed by atoms with van der Waals surface area (Å²) < 4.78 is 5.50. The Morgan fingerprint density at radius 1 is 1.24 bits per heavy atom. The molecule has 21 heavy (non-hydrogen) atoms. The number of hydrogen-bond donors (Lipinski definition) is 2. The summed E-state index contributed by atoms with van der Waals surface area (Å²) in [7, 11) is 0. The van der Waals surface area contributed by atoms with Gasteiger partial charge in [0.2, 0.25) is 5.91 Å². The Kier molecular flexibility index (Phi) is 5.75. The molecule has 0 spiro atoms. The zero-order valence-electron chi connectivity index (χ0n) is 12.0. The Labute approximate surface area is 124 Å². The number of carboxylic acid groups (broad SMARTS) is 1. The molecule has 114 valence electrons. The number of hydrogen-bond acceptors (Lipinski definition) is 3. The van der Waals surface area contributed by atoms with E-state index in [0.717, 1.165) is 25.7 Å². The predicted octanol–water partition coefficient (Wildman–Crippen LogP) is 1.93. The van der Waals surface area contributed by atoms with Crippen LogP contribution in [0.1, 0.15) is 37.2 Å². The van der Waals surface area contributed by atoms with Gasteiger partial charge < -0.3 is 15.2 Å². The maximum atomic E-state index is 11.7. The van der Waals surface area contributed by atoms with Gasteiger partial charge in [0.25, 0.3) is 0 Å². The average molecular weight is 291 g/mol. The van der Waals surface area contributed by atoms with Gasteiger partial charge in [-0.05, 0) is 18.4 Å². The van der Waals surface area contributed by atoms with E-state index in [2.05, 4.69) is 5.32 Å². The van der Waals surface area contributed by atoms with Crippen LogP contribution in [0.2, 0.25) is 0 Å². The van der Waals surface area contributed by atoms with Gasteiger partial charge in [-0.2, -0.15) is 0 Å². The lowest BCUT2D eigenvalue weighted by molar-refractivity contribution is -0.138. The number of carbonyl (C=O) groups is 2. The van der Waals surface area contributed by atoms with E-state index in [0.29, 0.717) is 5.56 Å². The van der Waals surface area contributed by atoms with Crippen LogP contribution < -0.4 is 5.32 Å². The minimum absolute atomic E-state index is 0.00575. The lowest BCUT2D eigenvalue weighted by Gasteiger charge is -2.15. The van der Waals surface area contributed by atoms with Crippen molar-refractivity contribution < 1.29 is 19.4 Å². The normalized spacial score (nSPS) is 16.6. The summed E-state index contributed by atoms with van der Waals surface area (Å²) in [5.41, 5.74) is 0.682. The molecule has 0 radical (unpaired) electrons. The van der Waals surface area contributed by atoms with Crippen LogP contribution in [-0.2, 0) is 14.3 Å². The monoisotopic (exact) mass is 291 g/mol. The molecule has 0 bridgehead atoms. The summed E-state index contributed by atoms with van der Waals surface area (Å²) in [6, 6.07) is 8.91. The molecule has 1 aromatic rings. The largest absolute Gasteiger partial charge is 0.481 e. The topological polar surface area (TPSA) is 75.6 Å². The average Bonchev–Trinajstić information content (AvgIpc) is 2.99.